The highest BCUT2D eigenvalue weighted by Gasteiger charge is 2.03. The molecule has 0 spiro atoms. The molecule has 0 radical (unpaired) electrons. The zero-order valence-corrected chi connectivity index (χ0v) is 12.0. The van der Waals surface area contributed by atoms with E-state index in [9.17, 15) is 0 Å². The molecule has 1 aromatic carbocycles. The highest BCUT2D eigenvalue weighted by Crippen LogP contribution is 2.18. The van der Waals surface area contributed by atoms with Gasteiger partial charge < -0.3 is 11.1 Å². The van der Waals surface area contributed by atoms with E-state index in [0.717, 1.165) is 34.5 Å². The number of nitrogens with zero attached hydrogens (tertiary/aromatic N) is 2. The van der Waals surface area contributed by atoms with Crippen LogP contribution in [-0.2, 0) is 13.0 Å². The van der Waals surface area contributed by atoms with Gasteiger partial charge in [-0.05, 0) is 48.4 Å². The van der Waals surface area contributed by atoms with Gasteiger partial charge in [0.2, 0.25) is 0 Å². The van der Waals surface area contributed by atoms with Gasteiger partial charge in [0.15, 0.2) is 0 Å². The molecule has 4 heteroatoms. The Labute approximate surface area is 124 Å². The van der Waals surface area contributed by atoms with Gasteiger partial charge in [0.25, 0.3) is 0 Å². The van der Waals surface area contributed by atoms with Gasteiger partial charge in [0.1, 0.15) is 5.82 Å². The summed E-state index contributed by atoms with van der Waals surface area (Å²) in [6, 6.07) is 13.8. The Balaban J connectivity index is 1.80. The van der Waals surface area contributed by atoms with Crippen molar-refractivity contribution in [2.45, 2.75) is 19.9 Å². The molecule has 0 aliphatic rings. The first-order valence-corrected chi connectivity index (χ1v) is 7.09. The molecule has 3 aromatic rings. The van der Waals surface area contributed by atoms with Crippen LogP contribution >= 0.6 is 0 Å². The molecule has 0 fully saturated rings. The molecule has 2 aromatic heterocycles. The minimum atomic E-state index is 0.678. The minimum Gasteiger partial charge on any atom is -0.399 e. The molecule has 3 rings (SSSR count). The normalized spacial score (nSPS) is 10.7. The van der Waals surface area contributed by atoms with Crippen molar-refractivity contribution in [3.63, 3.8) is 0 Å². The summed E-state index contributed by atoms with van der Waals surface area (Å²) in [5, 5.41) is 4.39. The van der Waals surface area contributed by atoms with E-state index in [1.54, 1.807) is 0 Å². The van der Waals surface area contributed by atoms with Crippen molar-refractivity contribution in [2.75, 3.05) is 11.1 Å². The van der Waals surface area contributed by atoms with Crippen molar-refractivity contribution in [3.8, 4) is 0 Å². The molecule has 4 nitrogen and oxygen atoms in total. The van der Waals surface area contributed by atoms with Gasteiger partial charge in [-0.3, -0.25) is 4.98 Å². The maximum atomic E-state index is 5.78. The van der Waals surface area contributed by atoms with E-state index in [2.05, 4.69) is 28.3 Å². The second-order valence-corrected chi connectivity index (χ2v) is 4.96. The van der Waals surface area contributed by atoms with Crippen molar-refractivity contribution >= 4 is 22.4 Å². The number of hydrogen-bond acceptors (Lipinski definition) is 4. The molecule has 3 N–H and O–H groups in total. The number of benzene rings is 1. The maximum Gasteiger partial charge on any atom is 0.126 e. The molecule has 21 heavy (non-hydrogen) atoms. The van der Waals surface area contributed by atoms with Gasteiger partial charge in [-0.15, -0.1) is 0 Å². The molecule has 106 valence electrons. The fraction of sp³-hybridized carbons (Fsp3) is 0.176. The van der Waals surface area contributed by atoms with Crippen LogP contribution in [0.1, 0.15) is 18.2 Å². The Morgan fingerprint density at radius 1 is 1.14 bits per heavy atom. The zero-order chi connectivity index (χ0) is 14.7. The summed E-state index contributed by atoms with van der Waals surface area (Å²) in [5.41, 5.74) is 9.80. The third kappa shape index (κ3) is 2.94. The number of nitrogens with two attached hydrogens (primary N) is 1. The Hall–Kier alpha value is -2.62. The average molecular weight is 278 g/mol. The molecule has 2 heterocycles. The monoisotopic (exact) mass is 278 g/mol. The van der Waals surface area contributed by atoms with Crippen molar-refractivity contribution in [1.82, 2.24) is 9.97 Å². The van der Waals surface area contributed by atoms with Crippen molar-refractivity contribution in [3.05, 3.63) is 59.9 Å². The third-order valence-corrected chi connectivity index (χ3v) is 3.52. The number of nitrogen functional groups attached to an aromatic ring is 1. The second kappa shape index (κ2) is 5.79. The topological polar surface area (TPSA) is 63.8 Å². The summed E-state index contributed by atoms with van der Waals surface area (Å²) >= 11 is 0. The minimum absolute atomic E-state index is 0.678. The lowest BCUT2D eigenvalue weighted by molar-refractivity contribution is 0.966. The number of anilines is 2. The van der Waals surface area contributed by atoms with Gasteiger partial charge >= 0.3 is 0 Å². The summed E-state index contributed by atoms with van der Waals surface area (Å²) in [4.78, 5) is 9.02. The standard InChI is InChI=1S/C17H18N4/c1-2-12-4-3-9-19-16(12)11-20-17-8-5-13-10-14(18)6-7-15(13)21-17/h3-10H,2,11,18H2,1H3,(H,20,21). The lowest BCUT2D eigenvalue weighted by Gasteiger charge is -2.09. The predicted octanol–water partition coefficient (Wildman–Crippen LogP) is 3.39. The SMILES string of the molecule is CCc1cccnc1CNc1ccc2cc(N)ccc2n1. The van der Waals surface area contributed by atoms with Crippen LogP contribution in [0.3, 0.4) is 0 Å². The molecule has 0 saturated heterocycles. The first-order valence-electron chi connectivity index (χ1n) is 7.09. The second-order valence-electron chi connectivity index (χ2n) is 4.96. The quantitative estimate of drug-likeness (QED) is 0.718. The predicted molar refractivity (Wildman–Crippen MR) is 87.1 cm³/mol. The number of rotatable bonds is 4. The molecule has 0 saturated carbocycles. The zero-order valence-electron chi connectivity index (χ0n) is 12.0. The van der Waals surface area contributed by atoms with E-state index in [1.165, 1.54) is 5.56 Å². The molecular weight excluding hydrogens is 260 g/mol. The number of fused-ring (bicyclic) bond motifs is 1. The van der Waals surface area contributed by atoms with E-state index < -0.39 is 0 Å². The van der Waals surface area contributed by atoms with E-state index >= 15 is 0 Å². The van der Waals surface area contributed by atoms with Gasteiger partial charge in [-0.25, -0.2) is 4.98 Å². The molecule has 0 aliphatic heterocycles. The summed E-state index contributed by atoms with van der Waals surface area (Å²) in [6.07, 6.45) is 2.81. The Morgan fingerprint density at radius 3 is 2.90 bits per heavy atom. The van der Waals surface area contributed by atoms with E-state index in [-0.39, 0.29) is 0 Å². The average Bonchev–Trinajstić information content (AvgIpc) is 2.53. The van der Waals surface area contributed by atoms with Crippen LogP contribution in [-0.4, -0.2) is 9.97 Å². The van der Waals surface area contributed by atoms with E-state index in [1.807, 2.05) is 42.6 Å². The number of nitrogens with one attached hydrogen (secondary N) is 1. The van der Waals surface area contributed by atoms with Crippen molar-refractivity contribution in [2.24, 2.45) is 0 Å². The Bertz CT molecular complexity index is 768. The van der Waals surface area contributed by atoms with Crippen LogP contribution in [0, 0.1) is 0 Å². The fourth-order valence-corrected chi connectivity index (χ4v) is 2.37. The van der Waals surface area contributed by atoms with E-state index in [4.69, 9.17) is 5.73 Å². The molecule has 0 aliphatic carbocycles. The number of aryl methyl sites for hydroxylation is 1. The van der Waals surface area contributed by atoms with Crippen LogP contribution in [0.4, 0.5) is 11.5 Å². The van der Waals surface area contributed by atoms with Crippen LogP contribution in [0.25, 0.3) is 10.9 Å². The highest BCUT2D eigenvalue weighted by molar-refractivity contribution is 5.83. The van der Waals surface area contributed by atoms with Crippen LogP contribution in [0.15, 0.2) is 48.7 Å². The van der Waals surface area contributed by atoms with Crippen molar-refractivity contribution < 1.29 is 0 Å². The van der Waals surface area contributed by atoms with Gasteiger partial charge in [-0.1, -0.05) is 13.0 Å². The molecule has 0 unspecified atom stereocenters. The van der Waals surface area contributed by atoms with Crippen LogP contribution in [0.5, 0.6) is 0 Å². The lowest BCUT2D eigenvalue weighted by Crippen LogP contribution is -2.06. The van der Waals surface area contributed by atoms with E-state index in [0.29, 0.717) is 6.54 Å². The summed E-state index contributed by atoms with van der Waals surface area (Å²) in [7, 11) is 0. The molecular formula is C17H18N4. The van der Waals surface area contributed by atoms with Crippen molar-refractivity contribution in [1.29, 1.82) is 0 Å². The summed E-state index contributed by atoms with van der Waals surface area (Å²) in [5.74, 6) is 0.847. The van der Waals surface area contributed by atoms with Gasteiger partial charge in [-0.2, -0.15) is 0 Å². The van der Waals surface area contributed by atoms with Crippen LogP contribution in [0.2, 0.25) is 0 Å². The molecule has 0 amide bonds. The number of hydrogen-bond donors (Lipinski definition) is 2. The third-order valence-electron chi connectivity index (χ3n) is 3.52. The smallest absolute Gasteiger partial charge is 0.126 e. The first-order chi connectivity index (χ1) is 10.3. The van der Waals surface area contributed by atoms with Gasteiger partial charge in [0.05, 0.1) is 17.8 Å². The first kappa shape index (κ1) is 13.4. The summed E-state index contributed by atoms with van der Waals surface area (Å²) < 4.78 is 0. The molecule has 0 atom stereocenters. The largest absolute Gasteiger partial charge is 0.399 e. The fourth-order valence-electron chi connectivity index (χ4n) is 2.37. The Morgan fingerprint density at radius 2 is 2.05 bits per heavy atom. The van der Waals surface area contributed by atoms with Gasteiger partial charge in [0, 0.05) is 17.3 Å². The number of pyridine rings is 2. The molecule has 0 bridgehead atoms. The Kier molecular flexibility index (Phi) is 3.69. The van der Waals surface area contributed by atoms with Crippen LogP contribution < -0.4 is 11.1 Å². The maximum absolute atomic E-state index is 5.78. The summed E-state index contributed by atoms with van der Waals surface area (Å²) in [6.45, 7) is 2.82. The number of aromatic nitrogens is 2. The lowest BCUT2D eigenvalue weighted by atomic mass is 10.1. The highest BCUT2D eigenvalue weighted by atomic mass is 15.0.